The zero-order valence-corrected chi connectivity index (χ0v) is 15.5. The molecule has 2 aromatic heterocycles. The molecule has 0 unspecified atom stereocenters. The maximum absolute atomic E-state index is 12.9. The fourth-order valence-electron chi connectivity index (χ4n) is 3.40. The molecule has 0 radical (unpaired) electrons. The number of nitrogens with zero attached hydrogens (tertiary/aromatic N) is 4. The summed E-state index contributed by atoms with van der Waals surface area (Å²) in [6.45, 7) is 2.07. The maximum Gasteiger partial charge on any atom is 0.264 e. The monoisotopic (exact) mass is 369 g/mol. The topological polar surface area (TPSA) is 86.8 Å². The molecule has 0 amide bonds. The van der Waals surface area contributed by atoms with Gasteiger partial charge in [0, 0.05) is 12.0 Å². The number of fused-ring (bicyclic) bond motifs is 1. The minimum Gasteiger partial charge on any atom is -0.268 e. The molecule has 2 heterocycles. The van der Waals surface area contributed by atoms with Crippen molar-refractivity contribution >= 4 is 5.78 Å². The van der Waals surface area contributed by atoms with Crippen LogP contribution in [0.2, 0.25) is 0 Å². The number of nitriles is 1. The highest BCUT2D eigenvalue weighted by atomic mass is 16.1. The van der Waals surface area contributed by atoms with Gasteiger partial charge in [0.1, 0.15) is 6.33 Å². The van der Waals surface area contributed by atoms with E-state index in [0.717, 1.165) is 35.2 Å². The molecule has 6 heteroatoms. The molecule has 4 aromatic rings. The van der Waals surface area contributed by atoms with Crippen LogP contribution < -0.4 is 5.56 Å². The van der Waals surface area contributed by atoms with Gasteiger partial charge in [-0.3, -0.25) is 4.79 Å². The molecule has 28 heavy (non-hydrogen) atoms. The molecule has 0 aliphatic rings. The van der Waals surface area contributed by atoms with Crippen molar-refractivity contribution in [1.29, 1.82) is 5.26 Å². The van der Waals surface area contributed by atoms with Crippen LogP contribution in [0.4, 0.5) is 0 Å². The van der Waals surface area contributed by atoms with Crippen molar-refractivity contribution in [3.63, 3.8) is 0 Å². The van der Waals surface area contributed by atoms with Crippen LogP contribution in [0, 0.1) is 11.3 Å². The highest BCUT2D eigenvalue weighted by molar-refractivity contribution is 5.70. The molecule has 0 aliphatic carbocycles. The van der Waals surface area contributed by atoms with Crippen molar-refractivity contribution in [2.45, 2.75) is 26.2 Å². The van der Waals surface area contributed by atoms with Crippen molar-refractivity contribution in [1.82, 2.24) is 19.6 Å². The summed E-state index contributed by atoms with van der Waals surface area (Å²) in [4.78, 5) is 17.5. The molecule has 1 N–H and O–H groups in total. The molecule has 0 bridgehead atoms. The van der Waals surface area contributed by atoms with Gasteiger partial charge < -0.3 is 0 Å². The largest absolute Gasteiger partial charge is 0.268 e. The Bertz CT molecular complexity index is 1230. The summed E-state index contributed by atoms with van der Waals surface area (Å²) in [7, 11) is 0. The van der Waals surface area contributed by atoms with Crippen LogP contribution in [0.1, 0.15) is 35.7 Å². The number of hydrogen-bond donors (Lipinski definition) is 1. The molecule has 4 rings (SSSR count). The fraction of sp³-hybridized carbons (Fsp3) is 0.182. The minimum atomic E-state index is -0.0823. The van der Waals surface area contributed by atoms with Crippen LogP contribution in [0.15, 0.2) is 59.7 Å². The third-order valence-electron chi connectivity index (χ3n) is 4.81. The summed E-state index contributed by atoms with van der Waals surface area (Å²) < 4.78 is 1.45. The normalized spacial score (nSPS) is 10.9. The smallest absolute Gasteiger partial charge is 0.264 e. The number of rotatable bonds is 5. The maximum atomic E-state index is 12.9. The SMILES string of the molecule is CCCc1nc2[nH]ncn2c(=O)c1Cc1ccc(-c2ccccc2C#N)cc1. The highest BCUT2D eigenvalue weighted by Gasteiger charge is 2.14. The molecular formula is C22H19N5O. The van der Waals surface area contributed by atoms with E-state index < -0.39 is 0 Å². The second-order valence-electron chi connectivity index (χ2n) is 6.67. The number of nitrogens with one attached hydrogen (secondary N) is 1. The number of hydrogen-bond acceptors (Lipinski definition) is 4. The van der Waals surface area contributed by atoms with E-state index in [2.05, 4.69) is 28.2 Å². The molecule has 0 spiro atoms. The van der Waals surface area contributed by atoms with E-state index in [0.29, 0.717) is 23.3 Å². The highest BCUT2D eigenvalue weighted by Crippen LogP contribution is 2.24. The molecule has 2 aromatic carbocycles. The van der Waals surface area contributed by atoms with Gasteiger partial charge in [-0.1, -0.05) is 55.8 Å². The van der Waals surface area contributed by atoms with Crippen LogP contribution in [-0.4, -0.2) is 19.6 Å². The summed E-state index contributed by atoms with van der Waals surface area (Å²) in [5.41, 5.74) is 4.99. The van der Waals surface area contributed by atoms with Gasteiger partial charge in [0.15, 0.2) is 0 Å². The second kappa shape index (κ2) is 7.49. The number of aromatic amines is 1. The van der Waals surface area contributed by atoms with Crippen LogP contribution in [0.3, 0.4) is 0 Å². The van der Waals surface area contributed by atoms with Gasteiger partial charge in [0.05, 0.1) is 17.3 Å². The van der Waals surface area contributed by atoms with Crippen LogP contribution in [-0.2, 0) is 12.8 Å². The molecule has 6 nitrogen and oxygen atoms in total. The van der Waals surface area contributed by atoms with E-state index in [1.165, 1.54) is 10.7 Å². The van der Waals surface area contributed by atoms with Gasteiger partial charge in [-0.15, -0.1) is 0 Å². The van der Waals surface area contributed by atoms with Gasteiger partial charge in [0.25, 0.3) is 5.56 Å². The van der Waals surface area contributed by atoms with Gasteiger partial charge in [0.2, 0.25) is 5.78 Å². The molecule has 0 aliphatic heterocycles. The van der Waals surface area contributed by atoms with Crippen LogP contribution in [0.5, 0.6) is 0 Å². The first-order valence-corrected chi connectivity index (χ1v) is 9.23. The van der Waals surface area contributed by atoms with E-state index in [9.17, 15) is 10.1 Å². The van der Waals surface area contributed by atoms with Gasteiger partial charge in [-0.2, -0.15) is 10.4 Å². The minimum absolute atomic E-state index is 0.0823. The van der Waals surface area contributed by atoms with Gasteiger partial charge >= 0.3 is 0 Å². The molecular weight excluding hydrogens is 350 g/mol. The first-order chi connectivity index (χ1) is 13.7. The van der Waals surface area contributed by atoms with E-state index >= 15 is 0 Å². The third-order valence-corrected chi connectivity index (χ3v) is 4.81. The standard InChI is InChI=1S/C22H19N5O/c1-2-5-20-19(21(28)27-14-24-26-22(27)25-20)12-15-8-10-16(11-9-15)18-7-4-3-6-17(18)13-23/h3-4,6-11,14H,2,5,12H2,1H3,(H,25,26). The Hall–Kier alpha value is -3.72. The average Bonchev–Trinajstić information content (AvgIpc) is 3.20. The Kier molecular flexibility index (Phi) is 4.73. The number of aryl methyl sites for hydroxylation is 1. The summed E-state index contributed by atoms with van der Waals surface area (Å²) in [6.07, 6.45) is 3.63. The number of benzene rings is 2. The number of H-pyrrole nitrogens is 1. The quantitative estimate of drug-likeness (QED) is 0.583. The predicted octanol–water partition coefficient (Wildman–Crippen LogP) is 3.50. The lowest BCUT2D eigenvalue weighted by Gasteiger charge is -2.09. The zero-order valence-electron chi connectivity index (χ0n) is 15.5. The summed E-state index contributed by atoms with van der Waals surface area (Å²) in [6, 6.07) is 17.8. The fourth-order valence-corrected chi connectivity index (χ4v) is 3.40. The molecule has 0 atom stereocenters. The summed E-state index contributed by atoms with van der Waals surface area (Å²) >= 11 is 0. The van der Waals surface area contributed by atoms with Crippen LogP contribution in [0.25, 0.3) is 16.9 Å². The van der Waals surface area contributed by atoms with Gasteiger partial charge in [-0.25, -0.2) is 14.5 Å². The Morgan fingerprint density at radius 2 is 1.93 bits per heavy atom. The average molecular weight is 369 g/mol. The van der Waals surface area contributed by atoms with E-state index in [1.807, 2.05) is 48.5 Å². The Morgan fingerprint density at radius 1 is 1.14 bits per heavy atom. The van der Waals surface area contributed by atoms with E-state index in [1.54, 1.807) is 0 Å². The lowest BCUT2D eigenvalue weighted by Crippen LogP contribution is -2.22. The number of aromatic nitrogens is 4. The Morgan fingerprint density at radius 3 is 2.68 bits per heavy atom. The van der Waals surface area contributed by atoms with E-state index in [-0.39, 0.29) is 5.56 Å². The van der Waals surface area contributed by atoms with E-state index in [4.69, 9.17) is 0 Å². The lowest BCUT2D eigenvalue weighted by atomic mass is 9.97. The lowest BCUT2D eigenvalue weighted by molar-refractivity contribution is 0.837. The summed E-state index contributed by atoms with van der Waals surface area (Å²) in [5, 5.41) is 16.0. The van der Waals surface area contributed by atoms with Crippen molar-refractivity contribution in [2.24, 2.45) is 0 Å². The van der Waals surface area contributed by atoms with Crippen molar-refractivity contribution in [3.05, 3.63) is 87.6 Å². The zero-order chi connectivity index (χ0) is 19.5. The third kappa shape index (κ3) is 3.19. The Labute approximate surface area is 162 Å². The molecule has 0 saturated heterocycles. The van der Waals surface area contributed by atoms with Crippen LogP contribution >= 0.6 is 0 Å². The molecule has 0 fully saturated rings. The molecule has 0 saturated carbocycles. The van der Waals surface area contributed by atoms with Crippen molar-refractivity contribution < 1.29 is 0 Å². The molecule has 138 valence electrons. The second-order valence-corrected chi connectivity index (χ2v) is 6.67. The van der Waals surface area contributed by atoms with Gasteiger partial charge in [-0.05, 0) is 29.2 Å². The Balaban J connectivity index is 1.70. The van der Waals surface area contributed by atoms with Crippen molar-refractivity contribution in [3.8, 4) is 17.2 Å². The predicted molar refractivity (Wildman–Crippen MR) is 107 cm³/mol. The van der Waals surface area contributed by atoms with Crippen molar-refractivity contribution in [2.75, 3.05) is 0 Å². The first-order valence-electron chi connectivity index (χ1n) is 9.23. The first kappa shape index (κ1) is 17.7. The summed E-state index contributed by atoms with van der Waals surface area (Å²) in [5.74, 6) is 0.473.